The zero-order valence-electron chi connectivity index (χ0n) is 16.9. The summed E-state index contributed by atoms with van der Waals surface area (Å²) in [4.78, 5) is 31.5. The van der Waals surface area contributed by atoms with Gasteiger partial charge in [-0.2, -0.15) is 0 Å². The topological polar surface area (TPSA) is 71.6 Å². The first-order valence-electron chi connectivity index (χ1n) is 10.8. The van der Waals surface area contributed by atoms with Crippen LogP contribution < -0.4 is 4.74 Å². The van der Waals surface area contributed by atoms with Crippen molar-refractivity contribution in [1.29, 1.82) is 0 Å². The number of nitrogens with zero attached hydrogens (tertiary/aromatic N) is 1. The second kappa shape index (κ2) is 6.93. The van der Waals surface area contributed by atoms with Crippen LogP contribution in [0.4, 0.5) is 0 Å². The number of hydrogen-bond donors (Lipinski definition) is 1. The number of rotatable bonds is 4. The van der Waals surface area contributed by atoms with Gasteiger partial charge in [0.05, 0.1) is 36.1 Å². The standard InChI is InChI=1S/C24H24N2O4/c27-17-13-18(28)22-20(17)14-3-1-4-15(14)24-23(22)21-16(25-24)5-2-6-19(21)30-12-9-26-7-10-29-11-8-26/h2,5-6,25H,1,3-4,7-13H2. The Balaban J connectivity index is 1.48. The van der Waals surface area contributed by atoms with E-state index < -0.39 is 0 Å². The molecule has 1 saturated heterocycles. The van der Waals surface area contributed by atoms with Gasteiger partial charge in [0.25, 0.3) is 0 Å². The van der Waals surface area contributed by atoms with Gasteiger partial charge in [-0.05, 0) is 42.5 Å². The molecule has 3 aliphatic rings. The first kappa shape index (κ1) is 18.1. The van der Waals surface area contributed by atoms with Crippen molar-refractivity contribution in [3.63, 3.8) is 0 Å². The van der Waals surface area contributed by atoms with E-state index in [0.29, 0.717) is 17.7 Å². The summed E-state index contributed by atoms with van der Waals surface area (Å²) in [5.74, 6) is 0.702. The average molecular weight is 404 g/mol. The maximum Gasteiger partial charge on any atom is 0.172 e. The number of aromatic amines is 1. The van der Waals surface area contributed by atoms with Crippen molar-refractivity contribution >= 4 is 33.4 Å². The Bertz CT molecular complexity index is 1200. The first-order valence-corrected chi connectivity index (χ1v) is 10.8. The van der Waals surface area contributed by atoms with Crippen LogP contribution in [-0.4, -0.2) is 60.9 Å². The molecule has 0 unspecified atom stereocenters. The highest BCUT2D eigenvalue weighted by molar-refractivity contribution is 6.33. The van der Waals surface area contributed by atoms with Crippen LogP contribution >= 0.6 is 0 Å². The number of carbonyl (C=O) groups is 2. The number of ketones is 2. The molecule has 0 radical (unpaired) electrons. The van der Waals surface area contributed by atoms with Crippen molar-refractivity contribution in [2.75, 3.05) is 39.5 Å². The van der Waals surface area contributed by atoms with Gasteiger partial charge in [-0.15, -0.1) is 0 Å². The molecule has 1 aliphatic heterocycles. The van der Waals surface area contributed by atoms with E-state index >= 15 is 0 Å². The Kier molecular flexibility index (Phi) is 4.18. The van der Waals surface area contributed by atoms with Crippen molar-refractivity contribution in [1.82, 2.24) is 9.88 Å². The van der Waals surface area contributed by atoms with Crippen molar-refractivity contribution in [3.05, 3.63) is 40.5 Å². The minimum Gasteiger partial charge on any atom is -0.492 e. The van der Waals surface area contributed by atoms with Gasteiger partial charge in [-0.25, -0.2) is 0 Å². The maximum atomic E-state index is 12.9. The van der Waals surface area contributed by atoms with Gasteiger partial charge in [0.15, 0.2) is 11.6 Å². The highest BCUT2D eigenvalue weighted by Crippen LogP contribution is 2.45. The van der Waals surface area contributed by atoms with Crippen LogP contribution in [0.5, 0.6) is 5.75 Å². The third-order valence-electron chi connectivity index (χ3n) is 6.75. The SMILES string of the molecule is O=C1CC(=O)c2c1c1c(c3[nH]c4cccc(OCCN5CCOCC5)c4c23)CCC1. The monoisotopic (exact) mass is 404 g/mol. The third kappa shape index (κ3) is 2.63. The van der Waals surface area contributed by atoms with E-state index in [1.807, 2.05) is 18.2 Å². The molecule has 0 saturated carbocycles. The minimum absolute atomic E-state index is 0.00633. The summed E-state index contributed by atoms with van der Waals surface area (Å²) in [6.07, 6.45) is 2.85. The highest BCUT2D eigenvalue weighted by Gasteiger charge is 2.37. The Morgan fingerprint density at radius 2 is 1.80 bits per heavy atom. The number of aryl methyl sites for hydroxylation is 1. The molecule has 0 bridgehead atoms. The largest absolute Gasteiger partial charge is 0.492 e. The summed E-state index contributed by atoms with van der Waals surface area (Å²) in [6, 6.07) is 5.98. The summed E-state index contributed by atoms with van der Waals surface area (Å²) in [7, 11) is 0. The van der Waals surface area contributed by atoms with Gasteiger partial charge in [-0.1, -0.05) is 6.07 Å². The van der Waals surface area contributed by atoms with E-state index in [9.17, 15) is 9.59 Å². The number of hydrogen-bond acceptors (Lipinski definition) is 5. The Morgan fingerprint density at radius 3 is 2.67 bits per heavy atom. The van der Waals surface area contributed by atoms with Crippen molar-refractivity contribution in [3.8, 4) is 5.75 Å². The summed E-state index contributed by atoms with van der Waals surface area (Å²) in [5.41, 5.74) is 5.58. The molecule has 2 heterocycles. The molecule has 1 N–H and O–H groups in total. The van der Waals surface area contributed by atoms with E-state index in [-0.39, 0.29) is 18.0 Å². The molecular formula is C24H24N2O4. The molecular weight excluding hydrogens is 380 g/mol. The number of ether oxygens (including phenoxy) is 2. The highest BCUT2D eigenvalue weighted by atomic mass is 16.5. The summed E-state index contributed by atoms with van der Waals surface area (Å²) < 4.78 is 11.6. The lowest BCUT2D eigenvalue weighted by Gasteiger charge is -2.26. The molecule has 0 spiro atoms. The molecule has 6 nitrogen and oxygen atoms in total. The van der Waals surface area contributed by atoms with E-state index in [0.717, 1.165) is 85.2 Å². The second-order valence-electron chi connectivity index (χ2n) is 8.44. The van der Waals surface area contributed by atoms with Crippen LogP contribution in [0, 0.1) is 0 Å². The molecule has 154 valence electrons. The number of aromatic nitrogens is 1. The predicted molar refractivity (Wildman–Crippen MR) is 114 cm³/mol. The van der Waals surface area contributed by atoms with E-state index in [2.05, 4.69) is 9.88 Å². The van der Waals surface area contributed by atoms with Gasteiger partial charge in [0.1, 0.15) is 12.4 Å². The van der Waals surface area contributed by atoms with Crippen molar-refractivity contribution in [2.45, 2.75) is 25.7 Å². The fourth-order valence-electron chi connectivity index (χ4n) is 5.40. The van der Waals surface area contributed by atoms with Gasteiger partial charge < -0.3 is 14.5 Å². The van der Waals surface area contributed by atoms with E-state index in [1.165, 1.54) is 5.56 Å². The normalized spacial score (nSPS) is 19.1. The quantitative estimate of drug-likeness (QED) is 0.676. The molecule has 1 fully saturated rings. The molecule has 6 rings (SSSR count). The van der Waals surface area contributed by atoms with Crippen molar-refractivity contribution in [2.24, 2.45) is 0 Å². The third-order valence-corrected chi connectivity index (χ3v) is 6.75. The molecule has 2 aromatic carbocycles. The number of fused-ring (bicyclic) bond motifs is 8. The number of morpholine rings is 1. The van der Waals surface area contributed by atoms with Crippen LogP contribution in [0.2, 0.25) is 0 Å². The molecule has 2 aliphatic carbocycles. The molecule has 6 heteroatoms. The number of H-pyrrole nitrogens is 1. The van der Waals surface area contributed by atoms with Crippen LogP contribution in [0.1, 0.15) is 44.7 Å². The lowest BCUT2D eigenvalue weighted by molar-refractivity contribution is 0.0323. The molecule has 0 atom stereocenters. The first-order chi connectivity index (χ1) is 14.7. The number of nitrogens with one attached hydrogen (secondary N) is 1. The fourth-order valence-corrected chi connectivity index (χ4v) is 5.40. The summed E-state index contributed by atoms with van der Waals surface area (Å²) >= 11 is 0. The van der Waals surface area contributed by atoms with Crippen LogP contribution in [-0.2, 0) is 17.6 Å². The van der Waals surface area contributed by atoms with Gasteiger partial charge >= 0.3 is 0 Å². The van der Waals surface area contributed by atoms with Gasteiger partial charge in [0.2, 0.25) is 0 Å². The van der Waals surface area contributed by atoms with Gasteiger partial charge in [0, 0.05) is 36.1 Å². The average Bonchev–Trinajstić information content (AvgIpc) is 3.44. The molecule has 30 heavy (non-hydrogen) atoms. The number of benzene rings is 2. The van der Waals surface area contributed by atoms with Crippen LogP contribution in [0.3, 0.4) is 0 Å². The number of carbonyl (C=O) groups excluding carboxylic acids is 2. The predicted octanol–water partition coefficient (Wildman–Crippen LogP) is 3.29. The number of Topliss-reactive ketones (excluding diaryl/α,β-unsaturated/α-hetero) is 2. The fraction of sp³-hybridized carbons (Fsp3) is 0.417. The Morgan fingerprint density at radius 1 is 1.00 bits per heavy atom. The lowest BCUT2D eigenvalue weighted by atomic mass is 9.93. The van der Waals surface area contributed by atoms with Gasteiger partial charge in [-0.3, -0.25) is 14.5 Å². The van der Waals surface area contributed by atoms with Crippen molar-refractivity contribution < 1.29 is 19.1 Å². The van der Waals surface area contributed by atoms with E-state index in [4.69, 9.17) is 9.47 Å². The summed E-state index contributed by atoms with van der Waals surface area (Å²) in [5, 5.41) is 1.82. The Hall–Kier alpha value is -2.70. The smallest absolute Gasteiger partial charge is 0.172 e. The Labute approximate surface area is 174 Å². The van der Waals surface area contributed by atoms with Crippen LogP contribution in [0.25, 0.3) is 21.8 Å². The molecule has 1 aromatic heterocycles. The molecule has 3 aromatic rings. The van der Waals surface area contributed by atoms with Crippen LogP contribution in [0.15, 0.2) is 18.2 Å². The lowest BCUT2D eigenvalue weighted by Crippen LogP contribution is -2.38. The van der Waals surface area contributed by atoms with E-state index in [1.54, 1.807) is 0 Å². The molecule has 0 amide bonds. The maximum absolute atomic E-state index is 12.9. The minimum atomic E-state index is -0.0567. The summed E-state index contributed by atoms with van der Waals surface area (Å²) in [6.45, 7) is 4.81. The zero-order chi connectivity index (χ0) is 20.2. The second-order valence-corrected chi connectivity index (χ2v) is 8.44. The zero-order valence-corrected chi connectivity index (χ0v) is 16.9.